The molecular formula is C12H28O3PSZn2. The van der Waals surface area contributed by atoms with Gasteiger partial charge in [-0.05, 0) is 18.2 Å². The van der Waals surface area contributed by atoms with E-state index in [0.717, 1.165) is 12.8 Å². The summed E-state index contributed by atoms with van der Waals surface area (Å²) in [5.41, 5.74) is 0. The van der Waals surface area contributed by atoms with E-state index in [1.54, 1.807) is 0 Å². The van der Waals surface area contributed by atoms with Crippen LogP contribution in [0.25, 0.3) is 0 Å². The zero-order valence-corrected chi connectivity index (χ0v) is 20.3. The summed E-state index contributed by atoms with van der Waals surface area (Å²) in [6.45, 7) is 1.39. The van der Waals surface area contributed by atoms with Gasteiger partial charge in [0.1, 0.15) is 0 Å². The van der Waals surface area contributed by atoms with Gasteiger partial charge in [-0.2, -0.15) is 0 Å². The summed E-state index contributed by atoms with van der Waals surface area (Å²) in [4.78, 5) is 17.4. The Bertz CT molecular complexity index is 201. The van der Waals surface area contributed by atoms with Crippen LogP contribution in [0.3, 0.4) is 0 Å². The molecule has 0 amide bonds. The van der Waals surface area contributed by atoms with Gasteiger partial charge in [0, 0.05) is 19.5 Å². The van der Waals surface area contributed by atoms with Crippen molar-refractivity contribution < 1.29 is 52.1 Å². The fourth-order valence-corrected chi connectivity index (χ4v) is 2.96. The number of unbranched alkanes of at least 4 members (excludes halogenated alkanes) is 6. The molecule has 2 N–H and O–H groups in total. The SMILES string of the molecule is CCCCCCCCOP(O)(O)=S.CCC[CH2][Zn].[Zn]. The van der Waals surface area contributed by atoms with Gasteiger partial charge in [-0.3, -0.25) is 0 Å². The van der Waals surface area contributed by atoms with Crippen molar-refractivity contribution in [3.63, 3.8) is 0 Å². The van der Waals surface area contributed by atoms with Crippen LogP contribution in [0.15, 0.2) is 0 Å². The molecule has 0 aliphatic carbocycles. The first kappa shape index (κ1) is 25.7. The first-order valence-corrected chi connectivity index (χ1v) is 11.7. The summed E-state index contributed by atoms with van der Waals surface area (Å²) in [5.74, 6) is 0. The monoisotopic (exact) mass is 411 g/mol. The molecular weight excluding hydrogens is 386 g/mol. The van der Waals surface area contributed by atoms with E-state index in [0.29, 0.717) is 6.61 Å². The molecule has 0 aromatic rings. The van der Waals surface area contributed by atoms with Crippen molar-refractivity contribution in [2.75, 3.05) is 6.61 Å². The topological polar surface area (TPSA) is 49.7 Å². The standard InChI is InChI=1S/C8H19O3PS.C4H9.2Zn/c1-2-3-4-5-6-7-8-11-12(9,10)13;1-3-4-2;;/h2-8H2,1H3,(H2,9,10,13);1,3-4H2,2H3;;. The molecule has 109 valence electrons. The third-order valence-electron chi connectivity index (χ3n) is 2.36. The molecule has 0 saturated carbocycles. The summed E-state index contributed by atoms with van der Waals surface area (Å²) in [6.07, 6.45) is 9.72. The van der Waals surface area contributed by atoms with E-state index < -0.39 is 6.72 Å². The molecule has 0 aliphatic heterocycles. The second-order valence-electron chi connectivity index (χ2n) is 4.30. The number of hydrogen-bond donors (Lipinski definition) is 2. The molecule has 0 saturated heterocycles. The molecule has 7 heteroatoms. The Kier molecular flexibility index (Phi) is 26.8. The average Bonchev–Trinajstić information content (AvgIpc) is 2.28. The van der Waals surface area contributed by atoms with Crippen molar-refractivity contribution in [1.82, 2.24) is 0 Å². The third-order valence-corrected chi connectivity index (χ3v) is 4.25. The fourth-order valence-electron chi connectivity index (χ4n) is 1.32. The Hall–Kier alpha value is 1.78. The van der Waals surface area contributed by atoms with Crippen molar-refractivity contribution >= 4 is 18.5 Å². The van der Waals surface area contributed by atoms with Gasteiger partial charge in [-0.25, -0.2) is 0 Å². The summed E-state index contributed by atoms with van der Waals surface area (Å²) in [7, 11) is 0. The van der Waals surface area contributed by atoms with E-state index in [2.05, 4.69) is 30.2 Å². The Morgan fingerprint density at radius 3 is 1.79 bits per heavy atom. The first-order valence-electron chi connectivity index (χ1n) is 6.97. The van der Waals surface area contributed by atoms with Crippen LogP contribution in [0.4, 0.5) is 0 Å². The van der Waals surface area contributed by atoms with Gasteiger partial charge in [0.05, 0.1) is 6.61 Å². The van der Waals surface area contributed by atoms with Crippen molar-refractivity contribution in [2.45, 2.75) is 70.2 Å². The summed E-state index contributed by atoms with van der Waals surface area (Å²) < 4.78 is 4.67. The van der Waals surface area contributed by atoms with E-state index in [1.807, 2.05) is 0 Å². The minimum Gasteiger partial charge on any atom is 0 e. The van der Waals surface area contributed by atoms with Gasteiger partial charge in [-0.15, -0.1) is 0 Å². The molecule has 0 atom stereocenters. The van der Waals surface area contributed by atoms with Crippen LogP contribution in [-0.2, 0) is 54.1 Å². The molecule has 3 nitrogen and oxygen atoms in total. The second kappa shape index (κ2) is 19.8. The van der Waals surface area contributed by atoms with Crippen LogP contribution in [0.2, 0.25) is 5.02 Å². The van der Waals surface area contributed by atoms with Gasteiger partial charge in [0.2, 0.25) is 0 Å². The minimum atomic E-state index is -3.39. The van der Waals surface area contributed by atoms with E-state index in [1.165, 1.54) is 61.8 Å². The summed E-state index contributed by atoms with van der Waals surface area (Å²) >= 11 is 5.78. The van der Waals surface area contributed by atoms with E-state index in [4.69, 9.17) is 9.79 Å². The molecule has 0 radical (unpaired) electrons. The van der Waals surface area contributed by atoms with Crippen molar-refractivity contribution in [3.05, 3.63) is 0 Å². The molecule has 0 heterocycles. The van der Waals surface area contributed by atoms with Crippen LogP contribution in [-0.4, -0.2) is 16.4 Å². The molecule has 19 heavy (non-hydrogen) atoms. The summed E-state index contributed by atoms with van der Waals surface area (Å²) in [5, 5.41) is 1.47. The van der Waals surface area contributed by atoms with Crippen LogP contribution in [0.5, 0.6) is 0 Å². The van der Waals surface area contributed by atoms with Gasteiger partial charge in [-0.1, -0.05) is 39.0 Å². The molecule has 0 aliphatic rings. The van der Waals surface area contributed by atoms with Gasteiger partial charge < -0.3 is 14.3 Å². The van der Waals surface area contributed by atoms with Crippen molar-refractivity contribution in [1.29, 1.82) is 0 Å². The van der Waals surface area contributed by atoms with E-state index in [9.17, 15) is 0 Å². The quantitative estimate of drug-likeness (QED) is 0.318. The Morgan fingerprint density at radius 2 is 1.42 bits per heavy atom. The van der Waals surface area contributed by atoms with Crippen LogP contribution in [0, 0.1) is 0 Å². The Labute approximate surface area is 147 Å². The maximum Gasteiger partial charge on any atom is 0 e. The van der Waals surface area contributed by atoms with E-state index in [-0.39, 0.29) is 19.5 Å². The third kappa shape index (κ3) is 32.9. The molecule has 0 spiro atoms. The fraction of sp³-hybridized carbons (Fsp3) is 1.00. The average molecular weight is 414 g/mol. The van der Waals surface area contributed by atoms with Crippen molar-refractivity contribution in [2.24, 2.45) is 0 Å². The Balaban J connectivity index is -0.000000366. The zero-order valence-electron chi connectivity index (χ0n) is 12.6. The smallest absolute Gasteiger partial charge is 0 e. The first-order chi connectivity index (χ1) is 8.47. The largest absolute Gasteiger partial charge is 0 e. The summed E-state index contributed by atoms with van der Waals surface area (Å²) in [6, 6.07) is 0. The van der Waals surface area contributed by atoms with Gasteiger partial charge >= 0.3 is 49.8 Å². The van der Waals surface area contributed by atoms with Gasteiger partial charge in [0.25, 0.3) is 0 Å². The van der Waals surface area contributed by atoms with Gasteiger partial charge in [0.15, 0.2) is 0 Å². The molecule has 0 rings (SSSR count). The van der Waals surface area contributed by atoms with Crippen LogP contribution >= 0.6 is 6.72 Å². The number of hydrogen-bond acceptors (Lipinski definition) is 2. The van der Waals surface area contributed by atoms with Crippen LogP contribution < -0.4 is 0 Å². The zero-order chi connectivity index (χ0) is 14.3. The minimum absolute atomic E-state index is 0. The van der Waals surface area contributed by atoms with Crippen LogP contribution in [0.1, 0.15) is 65.2 Å². The Morgan fingerprint density at radius 1 is 0.947 bits per heavy atom. The molecule has 0 bridgehead atoms. The normalized spacial score (nSPS) is 10.4. The van der Waals surface area contributed by atoms with Crippen molar-refractivity contribution in [3.8, 4) is 0 Å². The number of rotatable bonds is 10. The predicted octanol–water partition coefficient (Wildman–Crippen LogP) is 4.32. The second-order valence-corrected chi connectivity index (χ2v) is 8.45. The maximum absolute atomic E-state index is 8.72. The molecule has 0 aromatic carbocycles. The predicted molar refractivity (Wildman–Crippen MR) is 77.8 cm³/mol. The molecule has 0 aromatic heterocycles. The molecule has 0 unspecified atom stereocenters. The molecule has 0 fully saturated rings. The van der Waals surface area contributed by atoms with E-state index >= 15 is 0 Å². The maximum atomic E-state index is 8.72.